The van der Waals surface area contributed by atoms with Gasteiger partial charge in [0, 0.05) is 28.7 Å². The van der Waals surface area contributed by atoms with Crippen LogP contribution in [0.1, 0.15) is 31.2 Å². The number of hydrogen-bond acceptors (Lipinski definition) is 3. The van der Waals surface area contributed by atoms with Gasteiger partial charge in [0.25, 0.3) is 5.69 Å². The third-order valence-corrected chi connectivity index (χ3v) is 3.67. The summed E-state index contributed by atoms with van der Waals surface area (Å²) in [6, 6.07) is 5.74. The predicted molar refractivity (Wildman–Crippen MR) is 69.9 cm³/mol. The average Bonchev–Trinajstić information content (AvgIpc) is 2.80. The summed E-state index contributed by atoms with van der Waals surface area (Å²) in [6.07, 6.45) is 4.90. The second-order valence-electron chi connectivity index (χ2n) is 4.39. The highest BCUT2D eigenvalue weighted by Crippen LogP contribution is 2.24. The summed E-state index contributed by atoms with van der Waals surface area (Å²) in [5.74, 6) is 0. The molecule has 1 aliphatic rings. The summed E-state index contributed by atoms with van der Waals surface area (Å²) in [4.78, 5) is 10.6. The third-order valence-electron chi connectivity index (χ3n) is 3.18. The second kappa shape index (κ2) is 5.60. The van der Waals surface area contributed by atoms with Crippen molar-refractivity contribution in [3.63, 3.8) is 0 Å². The Labute approximate surface area is 109 Å². The Balaban J connectivity index is 2.06. The molecule has 0 radical (unpaired) electrons. The van der Waals surface area contributed by atoms with Crippen molar-refractivity contribution in [2.75, 3.05) is 0 Å². The van der Waals surface area contributed by atoms with E-state index in [1.54, 1.807) is 6.07 Å². The maximum absolute atomic E-state index is 10.9. The standard InChI is InChI=1S/C12H15BrN2O2/c13-10-6-5-9(12(7-10)15(16)17)8-14-11-3-1-2-4-11/h5-7,11,14H,1-4,8H2. The first kappa shape index (κ1) is 12.5. The fourth-order valence-electron chi connectivity index (χ4n) is 2.24. The molecule has 1 saturated carbocycles. The minimum Gasteiger partial charge on any atom is -0.310 e. The lowest BCUT2D eigenvalue weighted by atomic mass is 10.1. The quantitative estimate of drug-likeness (QED) is 0.685. The van der Waals surface area contributed by atoms with Crippen LogP contribution in [0.5, 0.6) is 0 Å². The van der Waals surface area contributed by atoms with Crippen LogP contribution in [0.4, 0.5) is 5.69 Å². The van der Waals surface area contributed by atoms with Gasteiger partial charge in [-0.2, -0.15) is 0 Å². The maximum Gasteiger partial charge on any atom is 0.275 e. The highest BCUT2D eigenvalue weighted by Gasteiger charge is 2.17. The van der Waals surface area contributed by atoms with E-state index in [4.69, 9.17) is 0 Å². The highest BCUT2D eigenvalue weighted by molar-refractivity contribution is 9.10. The van der Waals surface area contributed by atoms with Crippen LogP contribution in [0.15, 0.2) is 22.7 Å². The molecule has 1 aromatic rings. The number of halogens is 1. The molecule has 2 rings (SSSR count). The fraction of sp³-hybridized carbons (Fsp3) is 0.500. The van der Waals surface area contributed by atoms with Crippen LogP contribution in [-0.4, -0.2) is 11.0 Å². The van der Waals surface area contributed by atoms with Gasteiger partial charge in [0.1, 0.15) is 0 Å². The van der Waals surface area contributed by atoms with Crippen LogP contribution in [0.25, 0.3) is 0 Å². The summed E-state index contributed by atoms with van der Waals surface area (Å²) >= 11 is 3.26. The first-order valence-corrected chi connectivity index (χ1v) is 6.62. The molecule has 1 aliphatic carbocycles. The van der Waals surface area contributed by atoms with E-state index in [1.807, 2.05) is 12.1 Å². The molecular weight excluding hydrogens is 284 g/mol. The molecule has 0 saturated heterocycles. The van der Waals surface area contributed by atoms with Gasteiger partial charge in [-0.05, 0) is 25.0 Å². The number of rotatable bonds is 4. The highest BCUT2D eigenvalue weighted by atomic mass is 79.9. The number of hydrogen-bond donors (Lipinski definition) is 1. The van der Waals surface area contributed by atoms with E-state index in [2.05, 4.69) is 21.2 Å². The van der Waals surface area contributed by atoms with Crippen molar-refractivity contribution < 1.29 is 4.92 Å². The predicted octanol–water partition coefficient (Wildman–Crippen LogP) is 3.39. The van der Waals surface area contributed by atoms with Gasteiger partial charge in [-0.3, -0.25) is 10.1 Å². The summed E-state index contributed by atoms with van der Waals surface area (Å²) in [5.41, 5.74) is 0.940. The number of nitrogens with one attached hydrogen (secondary N) is 1. The zero-order valence-corrected chi connectivity index (χ0v) is 11.1. The normalized spacial score (nSPS) is 16.3. The van der Waals surface area contributed by atoms with Gasteiger partial charge in [-0.15, -0.1) is 0 Å². The van der Waals surface area contributed by atoms with E-state index in [0.29, 0.717) is 12.6 Å². The molecule has 92 valence electrons. The molecule has 0 amide bonds. The first-order chi connectivity index (χ1) is 8.16. The SMILES string of the molecule is O=[N+]([O-])c1cc(Br)ccc1CNC1CCCC1. The average molecular weight is 299 g/mol. The summed E-state index contributed by atoms with van der Waals surface area (Å²) in [5, 5.41) is 14.3. The lowest BCUT2D eigenvalue weighted by molar-refractivity contribution is -0.385. The fourth-order valence-corrected chi connectivity index (χ4v) is 2.59. The van der Waals surface area contributed by atoms with Gasteiger partial charge >= 0.3 is 0 Å². The van der Waals surface area contributed by atoms with E-state index in [-0.39, 0.29) is 10.6 Å². The van der Waals surface area contributed by atoms with E-state index in [9.17, 15) is 10.1 Å². The maximum atomic E-state index is 10.9. The van der Waals surface area contributed by atoms with Crippen molar-refractivity contribution >= 4 is 21.6 Å². The molecule has 0 atom stereocenters. The Morgan fingerprint density at radius 1 is 1.41 bits per heavy atom. The number of benzene rings is 1. The van der Waals surface area contributed by atoms with Crippen molar-refractivity contribution in [1.29, 1.82) is 0 Å². The molecule has 4 nitrogen and oxygen atoms in total. The molecule has 0 aromatic heterocycles. The molecule has 0 bridgehead atoms. The molecule has 0 spiro atoms. The monoisotopic (exact) mass is 298 g/mol. The van der Waals surface area contributed by atoms with Crippen LogP contribution in [0, 0.1) is 10.1 Å². The number of nitro groups is 1. The zero-order valence-electron chi connectivity index (χ0n) is 9.49. The van der Waals surface area contributed by atoms with Crippen molar-refractivity contribution in [1.82, 2.24) is 5.32 Å². The van der Waals surface area contributed by atoms with Gasteiger partial charge in [-0.1, -0.05) is 28.8 Å². The van der Waals surface area contributed by atoms with Crippen LogP contribution in [0.3, 0.4) is 0 Å². The summed E-state index contributed by atoms with van der Waals surface area (Å²) < 4.78 is 0.744. The van der Waals surface area contributed by atoms with Crippen LogP contribution in [-0.2, 0) is 6.54 Å². The van der Waals surface area contributed by atoms with E-state index >= 15 is 0 Å². The lowest BCUT2D eigenvalue weighted by Crippen LogP contribution is -2.25. The van der Waals surface area contributed by atoms with E-state index < -0.39 is 0 Å². The van der Waals surface area contributed by atoms with Gasteiger partial charge in [0.2, 0.25) is 0 Å². The van der Waals surface area contributed by atoms with E-state index in [1.165, 1.54) is 25.7 Å². The van der Waals surface area contributed by atoms with E-state index in [0.717, 1.165) is 10.0 Å². The molecule has 1 N–H and O–H groups in total. The minimum absolute atomic E-state index is 0.185. The molecule has 0 heterocycles. The summed E-state index contributed by atoms with van der Waals surface area (Å²) in [6.45, 7) is 0.578. The summed E-state index contributed by atoms with van der Waals surface area (Å²) in [7, 11) is 0. The van der Waals surface area contributed by atoms with Crippen molar-refractivity contribution in [3.8, 4) is 0 Å². The first-order valence-electron chi connectivity index (χ1n) is 5.83. The topological polar surface area (TPSA) is 55.2 Å². The molecule has 1 aromatic carbocycles. The van der Waals surface area contributed by atoms with Gasteiger partial charge < -0.3 is 5.32 Å². The van der Waals surface area contributed by atoms with Crippen molar-refractivity contribution in [2.24, 2.45) is 0 Å². The smallest absolute Gasteiger partial charge is 0.275 e. The molecule has 5 heteroatoms. The van der Waals surface area contributed by atoms with Crippen molar-refractivity contribution in [2.45, 2.75) is 38.3 Å². The van der Waals surface area contributed by atoms with Gasteiger partial charge in [0.15, 0.2) is 0 Å². The Morgan fingerprint density at radius 2 is 2.12 bits per heavy atom. The van der Waals surface area contributed by atoms with Crippen LogP contribution < -0.4 is 5.32 Å². The molecular formula is C12H15BrN2O2. The Hall–Kier alpha value is -0.940. The molecule has 0 unspecified atom stereocenters. The van der Waals surface area contributed by atoms with Gasteiger partial charge in [0.05, 0.1) is 4.92 Å². The third kappa shape index (κ3) is 3.26. The van der Waals surface area contributed by atoms with Crippen molar-refractivity contribution in [3.05, 3.63) is 38.3 Å². The molecule has 0 aliphatic heterocycles. The zero-order chi connectivity index (χ0) is 12.3. The Morgan fingerprint density at radius 3 is 2.76 bits per heavy atom. The second-order valence-corrected chi connectivity index (χ2v) is 5.31. The molecule has 1 fully saturated rings. The Kier molecular flexibility index (Phi) is 4.12. The largest absolute Gasteiger partial charge is 0.310 e. The van der Waals surface area contributed by atoms with Gasteiger partial charge in [-0.25, -0.2) is 0 Å². The van der Waals surface area contributed by atoms with Crippen LogP contribution >= 0.6 is 15.9 Å². The minimum atomic E-state index is -0.323. The Bertz CT molecular complexity index is 417. The van der Waals surface area contributed by atoms with Crippen LogP contribution in [0.2, 0.25) is 0 Å². The number of nitro benzene ring substituents is 1. The molecule has 17 heavy (non-hydrogen) atoms. The lowest BCUT2D eigenvalue weighted by Gasteiger charge is -2.11. The number of nitrogens with zero attached hydrogens (tertiary/aromatic N) is 1.